The lowest BCUT2D eigenvalue weighted by atomic mass is 10.2. The molecule has 1 aromatic carbocycles. The van der Waals surface area contributed by atoms with Crippen LogP contribution in [-0.2, 0) is 15.6 Å². The van der Waals surface area contributed by atoms with Gasteiger partial charge in [-0.25, -0.2) is 8.42 Å². The summed E-state index contributed by atoms with van der Waals surface area (Å²) in [5.41, 5.74) is 0.544. The van der Waals surface area contributed by atoms with Crippen LogP contribution in [0, 0.1) is 0 Å². The average Bonchev–Trinajstić information content (AvgIpc) is 2.21. The molecule has 0 amide bonds. The van der Waals surface area contributed by atoms with E-state index >= 15 is 0 Å². The summed E-state index contributed by atoms with van der Waals surface area (Å²) >= 11 is 9.22. The molecular formula is C11H14BrClO3S. The Kier molecular flexibility index (Phi) is 5.01. The number of hydrogen-bond acceptors (Lipinski definition) is 3. The quantitative estimate of drug-likeness (QED) is 0.916. The number of benzene rings is 1. The van der Waals surface area contributed by atoms with Crippen molar-refractivity contribution in [1.29, 1.82) is 0 Å². The average molecular weight is 342 g/mol. The van der Waals surface area contributed by atoms with Crippen LogP contribution < -0.4 is 0 Å². The highest BCUT2D eigenvalue weighted by molar-refractivity contribution is 9.10. The number of hydrogen-bond donors (Lipinski definition) is 1. The maximum absolute atomic E-state index is 11.9. The zero-order valence-corrected chi connectivity index (χ0v) is 12.7. The lowest BCUT2D eigenvalue weighted by Crippen LogP contribution is -2.30. The van der Waals surface area contributed by atoms with E-state index in [1.165, 1.54) is 13.8 Å². The molecule has 0 radical (unpaired) electrons. The predicted octanol–water partition coefficient (Wildman–Crippen LogP) is 2.79. The first-order valence-electron chi connectivity index (χ1n) is 5.07. The van der Waals surface area contributed by atoms with E-state index in [-0.39, 0.29) is 5.75 Å². The van der Waals surface area contributed by atoms with Crippen LogP contribution in [0.4, 0.5) is 0 Å². The summed E-state index contributed by atoms with van der Waals surface area (Å²) in [6, 6.07) is 5.06. The first-order valence-corrected chi connectivity index (χ1v) is 7.96. The Morgan fingerprint density at radius 3 is 2.47 bits per heavy atom. The van der Waals surface area contributed by atoms with Gasteiger partial charge < -0.3 is 5.11 Å². The summed E-state index contributed by atoms with van der Waals surface area (Å²) in [6.45, 7) is 2.96. The molecule has 6 heteroatoms. The molecule has 2 atom stereocenters. The predicted molar refractivity (Wildman–Crippen MR) is 72.9 cm³/mol. The van der Waals surface area contributed by atoms with Crippen LogP contribution in [0.3, 0.4) is 0 Å². The molecule has 0 saturated carbocycles. The van der Waals surface area contributed by atoms with E-state index in [2.05, 4.69) is 15.9 Å². The van der Waals surface area contributed by atoms with E-state index in [1.54, 1.807) is 18.2 Å². The van der Waals surface area contributed by atoms with Gasteiger partial charge in [-0.2, -0.15) is 0 Å². The molecule has 0 saturated heterocycles. The summed E-state index contributed by atoms with van der Waals surface area (Å²) in [6.07, 6.45) is -0.894. The molecule has 0 aromatic heterocycles. The summed E-state index contributed by atoms with van der Waals surface area (Å²) < 4.78 is 24.7. The van der Waals surface area contributed by atoms with Gasteiger partial charge in [0.1, 0.15) is 0 Å². The van der Waals surface area contributed by atoms with Crippen molar-refractivity contribution in [1.82, 2.24) is 0 Å². The molecule has 0 aliphatic carbocycles. The molecule has 0 aliphatic heterocycles. The van der Waals surface area contributed by atoms with E-state index < -0.39 is 21.2 Å². The fourth-order valence-electron chi connectivity index (χ4n) is 1.29. The van der Waals surface area contributed by atoms with Gasteiger partial charge in [0.15, 0.2) is 9.84 Å². The monoisotopic (exact) mass is 340 g/mol. The van der Waals surface area contributed by atoms with E-state index in [4.69, 9.17) is 11.6 Å². The fourth-order valence-corrected chi connectivity index (χ4v) is 3.65. The summed E-state index contributed by atoms with van der Waals surface area (Å²) in [4.78, 5) is 0. The highest BCUT2D eigenvalue weighted by atomic mass is 79.9. The fraction of sp³-hybridized carbons (Fsp3) is 0.455. The SMILES string of the molecule is C[C@H](O)[C@@H](C)S(=O)(=O)Cc1ccc(Br)cc1Cl. The second-order valence-corrected chi connectivity index (χ2v) is 7.67. The Morgan fingerprint density at radius 1 is 1.41 bits per heavy atom. The first kappa shape index (κ1) is 15.0. The molecular weight excluding hydrogens is 328 g/mol. The van der Waals surface area contributed by atoms with Crippen LogP contribution in [0.2, 0.25) is 5.02 Å². The number of sulfone groups is 1. The third-order valence-corrected chi connectivity index (χ3v) is 5.70. The van der Waals surface area contributed by atoms with Gasteiger partial charge in [0.25, 0.3) is 0 Å². The maximum Gasteiger partial charge on any atom is 0.159 e. The third-order valence-electron chi connectivity index (χ3n) is 2.62. The first-order chi connectivity index (χ1) is 7.74. The van der Waals surface area contributed by atoms with Crippen molar-refractivity contribution < 1.29 is 13.5 Å². The standard InChI is InChI=1S/C11H14BrClO3S/c1-7(14)8(2)17(15,16)6-9-3-4-10(12)5-11(9)13/h3-5,7-8,14H,6H2,1-2H3/t7-,8+/m0/s1. The molecule has 0 heterocycles. The van der Waals surface area contributed by atoms with Gasteiger partial charge in [-0.3, -0.25) is 0 Å². The Labute approximate surface area is 115 Å². The van der Waals surface area contributed by atoms with Crippen molar-refractivity contribution in [3.05, 3.63) is 33.3 Å². The maximum atomic E-state index is 11.9. The van der Waals surface area contributed by atoms with Gasteiger partial charge in [0.05, 0.1) is 17.1 Å². The molecule has 17 heavy (non-hydrogen) atoms. The molecule has 0 fully saturated rings. The highest BCUT2D eigenvalue weighted by Gasteiger charge is 2.26. The van der Waals surface area contributed by atoms with E-state index in [1.807, 2.05) is 0 Å². The van der Waals surface area contributed by atoms with Crippen molar-refractivity contribution in [2.45, 2.75) is 31.0 Å². The molecule has 1 rings (SSSR count). The normalized spacial score (nSPS) is 15.6. The number of aliphatic hydroxyl groups excluding tert-OH is 1. The number of aliphatic hydroxyl groups is 1. The molecule has 0 bridgehead atoms. The third kappa shape index (κ3) is 3.95. The topological polar surface area (TPSA) is 54.4 Å². The van der Waals surface area contributed by atoms with Crippen LogP contribution in [0.5, 0.6) is 0 Å². The largest absolute Gasteiger partial charge is 0.392 e. The summed E-state index contributed by atoms with van der Waals surface area (Å²) in [5.74, 6) is -0.162. The van der Waals surface area contributed by atoms with Crippen molar-refractivity contribution in [3.63, 3.8) is 0 Å². The molecule has 3 nitrogen and oxygen atoms in total. The molecule has 0 unspecified atom stereocenters. The zero-order valence-electron chi connectivity index (χ0n) is 9.52. The Bertz CT molecular complexity index is 499. The Hall–Kier alpha value is -0.100. The van der Waals surface area contributed by atoms with Gasteiger partial charge in [-0.05, 0) is 31.5 Å². The van der Waals surface area contributed by atoms with Crippen molar-refractivity contribution in [2.24, 2.45) is 0 Å². The van der Waals surface area contributed by atoms with Crippen LogP contribution in [0.15, 0.2) is 22.7 Å². The van der Waals surface area contributed by atoms with Crippen molar-refractivity contribution in [2.75, 3.05) is 0 Å². The number of rotatable bonds is 4. The van der Waals surface area contributed by atoms with E-state index in [9.17, 15) is 13.5 Å². The second-order valence-electron chi connectivity index (χ2n) is 3.99. The van der Waals surface area contributed by atoms with Crippen LogP contribution in [0.1, 0.15) is 19.4 Å². The van der Waals surface area contributed by atoms with Gasteiger partial charge in [0.2, 0.25) is 0 Å². The van der Waals surface area contributed by atoms with Crippen LogP contribution >= 0.6 is 27.5 Å². The minimum Gasteiger partial charge on any atom is -0.392 e. The van der Waals surface area contributed by atoms with Crippen LogP contribution in [0.25, 0.3) is 0 Å². The molecule has 0 aliphatic rings. The van der Waals surface area contributed by atoms with Gasteiger partial charge in [-0.15, -0.1) is 0 Å². The highest BCUT2D eigenvalue weighted by Crippen LogP contribution is 2.24. The van der Waals surface area contributed by atoms with Gasteiger partial charge in [0, 0.05) is 9.50 Å². The van der Waals surface area contributed by atoms with E-state index in [0.717, 1.165) is 4.47 Å². The summed E-state index contributed by atoms with van der Waals surface area (Å²) in [7, 11) is -3.40. The van der Waals surface area contributed by atoms with Crippen LogP contribution in [-0.4, -0.2) is 24.9 Å². The summed E-state index contributed by atoms with van der Waals surface area (Å²) in [5, 5.41) is 8.93. The molecule has 96 valence electrons. The number of halogens is 2. The minimum absolute atomic E-state index is 0.162. The molecule has 1 N–H and O–H groups in total. The minimum atomic E-state index is -3.40. The smallest absolute Gasteiger partial charge is 0.159 e. The molecule has 1 aromatic rings. The lowest BCUT2D eigenvalue weighted by molar-refractivity contribution is 0.193. The lowest BCUT2D eigenvalue weighted by Gasteiger charge is -2.16. The van der Waals surface area contributed by atoms with Crippen molar-refractivity contribution >= 4 is 37.4 Å². The van der Waals surface area contributed by atoms with E-state index in [0.29, 0.717) is 10.6 Å². The van der Waals surface area contributed by atoms with Gasteiger partial charge >= 0.3 is 0 Å². The second kappa shape index (κ2) is 5.69. The Balaban J connectivity index is 2.98. The Morgan fingerprint density at radius 2 is 2.00 bits per heavy atom. The molecule has 0 spiro atoms. The van der Waals surface area contributed by atoms with Gasteiger partial charge in [-0.1, -0.05) is 33.6 Å². The zero-order chi connectivity index (χ0) is 13.2. The van der Waals surface area contributed by atoms with Crippen molar-refractivity contribution in [3.8, 4) is 0 Å².